The van der Waals surface area contributed by atoms with Crippen LogP contribution in [0.1, 0.15) is 26.1 Å². The van der Waals surface area contributed by atoms with Gasteiger partial charge in [-0.05, 0) is 13.3 Å². The molecule has 0 spiro atoms. The van der Waals surface area contributed by atoms with Gasteiger partial charge in [0.1, 0.15) is 5.82 Å². The normalized spacial score (nSPS) is 13.2. The molecule has 1 unspecified atom stereocenters. The van der Waals surface area contributed by atoms with E-state index in [1.165, 1.54) is 0 Å². The lowest BCUT2D eigenvalue weighted by molar-refractivity contribution is 0.591. The number of hydrogen-bond acceptors (Lipinski definition) is 2. The highest BCUT2D eigenvalue weighted by atomic mass is 15.1. The van der Waals surface area contributed by atoms with Crippen LogP contribution in [0.3, 0.4) is 0 Å². The van der Waals surface area contributed by atoms with Gasteiger partial charge in [0.25, 0.3) is 0 Å². The molecule has 1 rings (SSSR count). The number of aryl methyl sites for hydroxylation is 1. The summed E-state index contributed by atoms with van der Waals surface area (Å²) in [4.78, 5) is 4.26. The van der Waals surface area contributed by atoms with Crippen LogP contribution in [-0.4, -0.2) is 15.6 Å². The molecule has 0 aliphatic rings. The zero-order chi connectivity index (χ0) is 8.97. The summed E-state index contributed by atoms with van der Waals surface area (Å²) in [5.41, 5.74) is 5.83. The smallest absolute Gasteiger partial charge is 0.110 e. The summed E-state index contributed by atoms with van der Waals surface area (Å²) < 4.78 is 2.13. The predicted octanol–water partition coefficient (Wildman–Crippen LogP) is 1.18. The number of hydrogen-bond donors (Lipinski definition) is 1. The minimum absolute atomic E-state index is 0.248. The molecular formula is C9H17N3. The third-order valence-electron chi connectivity index (χ3n) is 2.11. The van der Waals surface area contributed by atoms with Crippen molar-refractivity contribution in [3.63, 3.8) is 0 Å². The van der Waals surface area contributed by atoms with Gasteiger partial charge in [0.15, 0.2) is 0 Å². The van der Waals surface area contributed by atoms with Crippen molar-refractivity contribution in [1.82, 2.24) is 9.55 Å². The molecule has 0 saturated heterocycles. The lowest BCUT2D eigenvalue weighted by Gasteiger charge is -2.09. The molecule has 0 saturated carbocycles. The van der Waals surface area contributed by atoms with E-state index in [9.17, 15) is 0 Å². The van der Waals surface area contributed by atoms with Gasteiger partial charge in [0.05, 0.1) is 0 Å². The van der Waals surface area contributed by atoms with E-state index in [0.717, 1.165) is 25.2 Å². The molecular weight excluding hydrogens is 150 g/mol. The van der Waals surface area contributed by atoms with Gasteiger partial charge in [-0.15, -0.1) is 0 Å². The lowest BCUT2D eigenvalue weighted by Crippen LogP contribution is -2.23. The molecule has 0 bridgehead atoms. The van der Waals surface area contributed by atoms with Crippen molar-refractivity contribution in [3.05, 3.63) is 18.2 Å². The molecule has 3 heteroatoms. The molecule has 1 heterocycles. The second-order valence-electron chi connectivity index (χ2n) is 3.00. The summed E-state index contributed by atoms with van der Waals surface area (Å²) in [6, 6.07) is 0.248. The third-order valence-corrected chi connectivity index (χ3v) is 2.11. The van der Waals surface area contributed by atoms with Crippen molar-refractivity contribution in [1.29, 1.82) is 0 Å². The van der Waals surface area contributed by atoms with Crippen molar-refractivity contribution in [2.45, 2.75) is 39.3 Å². The standard InChI is InChI=1S/C9H17N3/c1-3-8(10)7-9-11-5-6-12(9)4-2/h5-6,8H,3-4,7,10H2,1-2H3. The van der Waals surface area contributed by atoms with Gasteiger partial charge in [0.2, 0.25) is 0 Å². The van der Waals surface area contributed by atoms with Crippen LogP contribution in [0.4, 0.5) is 0 Å². The molecule has 0 fully saturated rings. The first-order valence-electron chi connectivity index (χ1n) is 4.53. The molecule has 12 heavy (non-hydrogen) atoms. The van der Waals surface area contributed by atoms with Crippen molar-refractivity contribution in [2.24, 2.45) is 5.73 Å². The van der Waals surface area contributed by atoms with Gasteiger partial charge >= 0.3 is 0 Å². The Kier molecular flexibility index (Phi) is 3.29. The van der Waals surface area contributed by atoms with E-state index in [2.05, 4.69) is 23.4 Å². The average Bonchev–Trinajstić information content (AvgIpc) is 2.51. The van der Waals surface area contributed by atoms with Crippen molar-refractivity contribution >= 4 is 0 Å². The first-order chi connectivity index (χ1) is 5.77. The largest absolute Gasteiger partial charge is 0.335 e. The monoisotopic (exact) mass is 167 g/mol. The Morgan fingerprint density at radius 1 is 1.58 bits per heavy atom. The minimum Gasteiger partial charge on any atom is -0.335 e. The minimum atomic E-state index is 0.248. The Morgan fingerprint density at radius 2 is 2.33 bits per heavy atom. The average molecular weight is 167 g/mol. The molecule has 0 radical (unpaired) electrons. The Hall–Kier alpha value is -0.830. The first kappa shape index (κ1) is 9.26. The van der Waals surface area contributed by atoms with E-state index in [-0.39, 0.29) is 6.04 Å². The molecule has 0 aromatic carbocycles. The number of nitrogens with zero attached hydrogens (tertiary/aromatic N) is 2. The fourth-order valence-electron chi connectivity index (χ4n) is 1.20. The number of aromatic nitrogens is 2. The molecule has 0 aliphatic heterocycles. The maximum absolute atomic E-state index is 5.83. The van der Waals surface area contributed by atoms with Gasteiger partial charge in [-0.2, -0.15) is 0 Å². The highest BCUT2D eigenvalue weighted by Crippen LogP contribution is 2.02. The molecule has 68 valence electrons. The van der Waals surface area contributed by atoms with Crippen LogP contribution in [0, 0.1) is 0 Å². The molecule has 0 aliphatic carbocycles. The van der Waals surface area contributed by atoms with Crippen molar-refractivity contribution in [3.8, 4) is 0 Å². The molecule has 3 nitrogen and oxygen atoms in total. The second kappa shape index (κ2) is 4.26. The van der Waals surface area contributed by atoms with Gasteiger partial charge < -0.3 is 10.3 Å². The van der Waals surface area contributed by atoms with Gasteiger partial charge in [-0.1, -0.05) is 6.92 Å². The Morgan fingerprint density at radius 3 is 2.92 bits per heavy atom. The quantitative estimate of drug-likeness (QED) is 0.732. The Balaban J connectivity index is 2.61. The summed E-state index contributed by atoms with van der Waals surface area (Å²) >= 11 is 0. The summed E-state index contributed by atoms with van der Waals surface area (Å²) in [5, 5.41) is 0. The topological polar surface area (TPSA) is 43.8 Å². The third kappa shape index (κ3) is 2.08. The maximum atomic E-state index is 5.83. The van der Waals surface area contributed by atoms with Crippen LogP contribution in [-0.2, 0) is 13.0 Å². The van der Waals surface area contributed by atoms with Crippen LogP contribution in [0.5, 0.6) is 0 Å². The molecule has 2 N–H and O–H groups in total. The molecule has 1 aromatic rings. The van der Waals surface area contributed by atoms with E-state index in [4.69, 9.17) is 5.73 Å². The van der Waals surface area contributed by atoms with Crippen molar-refractivity contribution in [2.75, 3.05) is 0 Å². The van der Waals surface area contributed by atoms with Gasteiger partial charge in [0, 0.05) is 31.4 Å². The Labute approximate surface area is 73.6 Å². The highest BCUT2D eigenvalue weighted by molar-refractivity contribution is 4.94. The fourth-order valence-corrected chi connectivity index (χ4v) is 1.20. The van der Waals surface area contributed by atoms with E-state index in [0.29, 0.717) is 0 Å². The maximum Gasteiger partial charge on any atom is 0.110 e. The van der Waals surface area contributed by atoms with Crippen LogP contribution in [0.25, 0.3) is 0 Å². The van der Waals surface area contributed by atoms with E-state index in [1.54, 1.807) is 0 Å². The zero-order valence-electron chi connectivity index (χ0n) is 7.83. The van der Waals surface area contributed by atoms with Gasteiger partial charge in [-0.3, -0.25) is 0 Å². The lowest BCUT2D eigenvalue weighted by atomic mass is 10.1. The summed E-state index contributed by atoms with van der Waals surface area (Å²) in [7, 11) is 0. The summed E-state index contributed by atoms with van der Waals surface area (Å²) in [5.74, 6) is 1.10. The van der Waals surface area contributed by atoms with Crippen LogP contribution < -0.4 is 5.73 Å². The number of rotatable bonds is 4. The van der Waals surface area contributed by atoms with Gasteiger partial charge in [-0.25, -0.2) is 4.98 Å². The van der Waals surface area contributed by atoms with Crippen LogP contribution in [0.15, 0.2) is 12.4 Å². The number of imidazole rings is 1. The molecule has 1 aromatic heterocycles. The zero-order valence-corrected chi connectivity index (χ0v) is 7.83. The summed E-state index contributed by atoms with van der Waals surface area (Å²) in [6.45, 7) is 5.19. The first-order valence-corrected chi connectivity index (χ1v) is 4.53. The highest BCUT2D eigenvalue weighted by Gasteiger charge is 2.05. The summed E-state index contributed by atoms with van der Waals surface area (Å²) in [6.07, 6.45) is 5.73. The molecule has 1 atom stereocenters. The number of nitrogens with two attached hydrogens (primary N) is 1. The Bertz CT molecular complexity index is 229. The molecule has 0 amide bonds. The predicted molar refractivity (Wildman–Crippen MR) is 49.9 cm³/mol. The van der Waals surface area contributed by atoms with E-state index < -0.39 is 0 Å². The van der Waals surface area contributed by atoms with E-state index >= 15 is 0 Å². The fraction of sp³-hybridized carbons (Fsp3) is 0.667. The van der Waals surface area contributed by atoms with Crippen LogP contribution >= 0.6 is 0 Å². The van der Waals surface area contributed by atoms with E-state index in [1.807, 2.05) is 12.4 Å². The van der Waals surface area contributed by atoms with Crippen molar-refractivity contribution < 1.29 is 0 Å². The van der Waals surface area contributed by atoms with Crippen LogP contribution in [0.2, 0.25) is 0 Å². The second-order valence-corrected chi connectivity index (χ2v) is 3.00. The SMILES string of the molecule is CCC(N)Cc1nccn1CC.